The second kappa shape index (κ2) is 5.81. The first-order valence-electron chi connectivity index (χ1n) is 3.10. The van der Waals surface area contributed by atoms with Crippen LogP contribution in [0.25, 0.3) is 0 Å². The van der Waals surface area contributed by atoms with Crippen LogP contribution in [0.1, 0.15) is 12.8 Å². The molecule has 0 saturated carbocycles. The molecular formula is C7H9NaO3P+. The van der Waals surface area contributed by atoms with Gasteiger partial charge in [0.25, 0.3) is 0 Å². The molecule has 1 aromatic carbocycles. The summed E-state index contributed by atoms with van der Waals surface area (Å²) in [5.74, 6) is -1.26. The van der Waals surface area contributed by atoms with Crippen LogP contribution >= 0.6 is 8.03 Å². The van der Waals surface area contributed by atoms with Gasteiger partial charge in [-0.1, -0.05) is 30.3 Å². The molecule has 60 valence electrons. The van der Waals surface area contributed by atoms with Gasteiger partial charge >= 0.3 is 43.4 Å². The van der Waals surface area contributed by atoms with Crippen molar-refractivity contribution in [3.63, 3.8) is 0 Å². The molecule has 0 aliphatic rings. The Labute approximate surface area is 95.1 Å². The summed E-state index contributed by atoms with van der Waals surface area (Å²) in [6.07, 6.45) is 0. The Balaban J connectivity index is 0. The van der Waals surface area contributed by atoms with E-state index in [1.54, 1.807) is 30.3 Å². The molecule has 0 heterocycles. The van der Waals surface area contributed by atoms with Crippen LogP contribution in [-0.2, 0) is 4.57 Å². The summed E-state index contributed by atoms with van der Waals surface area (Å²) < 4.78 is 10.4. The molecule has 0 aliphatic heterocycles. The Morgan fingerprint density at radius 3 is 2.25 bits per heavy atom. The first-order valence-corrected chi connectivity index (χ1v) is 4.38. The van der Waals surface area contributed by atoms with Crippen LogP contribution in [0.5, 0.6) is 0 Å². The summed E-state index contributed by atoms with van der Waals surface area (Å²) in [5, 5.41) is 9.06. The Kier molecular flexibility index (Phi) is 5.93. The number of hydrogen-bond donors (Lipinski definition) is 2. The number of benzene rings is 1. The van der Waals surface area contributed by atoms with Gasteiger partial charge in [-0.05, 0) is 4.57 Å². The maximum Gasteiger partial charge on any atom is 1.00 e. The maximum atomic E-state index is 10.4. The van der Waals surface area contributed by atoms with Crippen molar-refractivity contribution in [2.45, 2.75) is 5.85 Å². The molecule has 0 saturated heterocycles. The van der Waals surface area contributed by atoms with E-state index in [1.165, 1.54) is 0 Å². The summed E-state index contributed by atoms with van der Waals surface area (Å²) in [6.45, 7) is 0. The van der Waals surface area contributed by atoms with E-state index in [0.717, 1.165) is 0 Å². The molecule has 0 radical (unpaired) electrons. The quantitative estimate of drug-likeness (QED) is 0.447. The largest absolute Gasteiger partial charge is 1.00 e. The fourth-order valence-corrected chi connectivity index (χ4v) is 1.18. The zero-order valence-electron chi connectivity index (χ0n) is 7.71. The van der Waals surface area contributed by atoms with Crippen LogP contribution < -0.4 is 29.6 Å². The molecule has 5 heteroatoms. The van der Waals surface area contributed by atoms with Crippen molar-refractivity contribution in [1.29, 1.82) is 0 Å². The SMILES string of the molecule is O=[P+](O)C(O)c1ccccc1.[H-].[Na+]. The predicted octanol–water partition coefficient (Wildman–Crippen LogP) is -1.47. The van der Waals surface area contributed by atoms with Crippen molar-refractivity contribution < 1.29 is 45.5 Å². The topological polar surface area (TPSA) is 57.5 Å². The minimum atomic E-state index is -2.53. The molecule has 0 aromatic heterocycles. The van der Waals surface area contributed by atoms with Gasteiger partial charge in [-0.2, -0.15) is 4.89 Å². The van der Waals surface area contributed by atoms with E-state index in [0.29, 0.717) is 5.56 Å². The van der Waals surface area contributed by atoms with E-state index >= 15 is 0 Å². The predicted molar refractivity (Wildman–Crippen MR) is 42.3 cm³/mol. The molecule has 0 amide bonds. The Hall–Kier alpha value is 0.240. The van der Waals surface area contributed by atoms with Crippen molar-refractivity contribution in [1.82, 2.24) is 0 Å². The Morgan fingerprint density at radius 1 is 1.33 bits per heavy atom. The van der Waals surface area contributed by atoms with Gasteiger partial charge in [0.1, 0.15) is 0 Å². The van der Waals surface area contributed by atoms with Crippen molar-refractivity contribution >= 4 is 8.03 Å². The van der Waals surface area contributed by atoms with Crippen LogP contribution in [0.3, 0.4) is 0 Å². The van der Waals surface area contributed by atoms with Crippen molar-refractivity contribution in [3.8, 4) is 0 Å². The summed E-state index contributed by atoms with van der Waals surface area (Å²) in [6, 6.07) is 8.40. The normalized spacial score (nSPS) is 13.0. The Bertz CT molecular complexity index is 257. The zero-order valence-corrected chi connectivity index (χ0v) is 9.61. The van der Waals surface area contributed by atoms with Gasteiger partial charge < -0.3 is 6.53 Å². The standard InChI is InChI=1S/C7H7O3P.Na.H/c8-7(11(9)10)6-4-2-1-3-5-6;;/h1-5,7-8H;;/q;+1;-1/p+1. The second-order valence-electron chi connectivity index (χ2n) is 2.09. The van der Waals surface area contributed by atoms with Gasteiger partial charge in [0.15, 0.2) is 0 Å². The average Bonchev–Trinajstić information content (AvgIpc) is 2.05. The first-order chi connectivity index (χ1) is 5.22. The average molecular weight is 195 g/mol. The molecule has 1 aromatic rings. The molecule has 1 rings (SSSR count). The van der Waals surface area contributed by atoms with E-state index < -0.39 is 13.9 Å². The molecule has 2 N–H and O–H groups in total. The fraction of sp³-hybridized carbons (Fsp3) is 0.143. The zero-order chi connectivity index (χ0) is 8.27. The summed E-state index contributed by atoms with van der Waals surface area (Å²) >= 11 is 0. The van der Waals surface area contributed by atoms with Crippen molar-refractivity contribution in [2.75, 3.05) is 0 Å². The van der Waals surface area contributed by atoms with Gasteiger partial charge in [-0.3, -0.25) is 0 Å². The molecule has 0 fully saturated rings. The van der Waals surface area contributed by atoms with Gasteiger partial charge in [-0.15, -0.1) is 0 Å². The molecule has 2 unspecified atom stereocenters. The number of aliphatic hydroxyl groups is 1. The third-order valence-corrected chi connectivity index (χ3v) is 2.02. The van der Waals surface area contributed by atoms with Crippen molar-refractivity contribution in [3.05, 3.63) is 35.9 Å². The molecule has 3 nitrogen and oxygen atoms in total. The van der Waals surface area contributed by atoms with Crippen LogP contribution in [0, 0.1) is 0 Å². The Morgan fingerprint density at radius 2 is 1.83 bits per heavy atom. The number of aliphatic hydroxyl groups excluding tert-OH is 1. The minimum Gasteiger partial charge on any atom is -1.00 e. The van der Waals surface area contributed by atoms with Gasteiger partial charge in [0.2, 0.25) is 0 Å². The summed E-state index contributed by atoms with van der Waals surface area (Å²) in [4.78, 5) is 8.53. The minimum absolute atomic E-state index is 0. The van der Waals surface area contributed by atoms with E-state index in [-0.39, 0.29) is 31.0 Å². The van der Waals surface area contributed by atoms with Gasteiger partial charge in [0, 0.05) is 5.56 Å². The number of hydrogen-bond acceptors (Lipinski definition) is 2. The van der Waals surface area contributed by atoms with Crippen molar-refractivity contribution in [2.24, 2.45) is 0 Å². The molecule has 0 bridgehead atoms. The van der Waals surface area contributed by atoms with Crippen LogP contribution in [-0.4, -0.2) is 10.00 Å². The third kappa shape index (κ3) is 3.31. The fourth-order valence-electron chi connectivity index (χ4n) is 0.753. The van der Waals surface area contributed by atoms with Crippen LogP contribution in [0.15, 0.2) is 30.3 Å². The van der Waals surface area contributed by atoms with Gasteiger partial charge in [0.05, 0.1) is 0 Å². The van der Waals surface area contributed by atoms with E-state index in [9.17, 15) is 4.57 Å². The molecule has 0 spiro atoms. The van der Waals surface area contributed by atoms with E-state index in [2.05, 4.69) is 0 Å². The number of rotatable bonds is 2. The van der Waals surface area contributed by atoms with Crippen LogP contribution in [0.4, 0.5) is 0 Å². The molecule has 12 heavy (non-hydrogen) atoms. The molecular weight excluding hydrogens is 186 g/mol. The second-order valence-corrected chi connectivity index (χ2v) is 3.18. The summed E-state index contributed by atoms with van der Waals surface area (Å²) in [7, 11) is -2.53. The van der Waals surface area contributed by atoms with Gasteiger partial charge in [-0.25, -0.2) is 0 Å². The monoisotopic (exact) mass is 195 g/mol. The molecule has 0 aliphatic carbocycles. The first kappa shape index (κ1) is 12.2. The van der Waals surface area contributed by atoms with E-state index in [1.807, 2.05) is 0 Å². The van der Waals surface area contributed by atoms with Crippen LogP contribution in [0.2, 0.25) is 0 Å². The maximum absolute atomic E-state index is 10.4. The third-order valence-electron chi connectivity index (χ3n) is 1.31. The summed E-state index contributed by atoms with van der Waals surface area (Å²) in [5.41, 5.74) is 0.469. The van der Waals surface area contributed by atoms with E-state index in [4.69, 9.17) is 10.00 Å². The smallest absolute Gasteiger partial charge is 1.00 e. The molecule has 2 atom stereocenters.